The molecule has 0 spiro atoms. The maximum Gasteiger partial charge on any atom is 0.275 e. The van der Waals surface area contributed by atoms with Crippen LogP contribution in [-0.4, -0.2) is 48.0 Å². The van der Waals surface area contributed by atoms with Crippen molar-refractivity contribution in [3.63, 3.8) is 0 Å². The van der Waals surface area contributed by atoms with E-state index in [9.17, 15) is 14.0 Å². The van der Waals surface area contributed by atoms with Gasteiger partial charge < -0.3 is 24.4 Å². The van der Waals surface area contributed by atoms with Crippen molar-refractivity contribution in [2.24, 2.45) is 0 Å². The number of carbonyl (C=O) groups excluding carboxylic acids is 2. The van der Waals surface area contributed by atoms with Crippen LogP contribution in [0.25, 0.3) is 0 Å². The zero-order valence-corrected chi connectivity index (χ0v) is 22.3. The molecule has 10 heteroatoms. The van der Waals surface area contributed by atoms with Gasteiger partial charge >= 0.3 is 0 Å². The van der Waals surface area contributed by atoms with E-state index in [2.05, 4.69) is 15.3 Å². The van der Waals surface area contributed by atoms with Gasteiger partial charge in [-0.3, -0.25) is 14.6 Å². The predicted octanol–water partition coefficient (Wildman–Crippen LogP) is 4.34. The first-order valence-corrected chi connectivity index (χ1v) is 12.4. The van der Waals surface area contributed by atoms with Gasteiger partial charge in [0, 0.05) is 25.5 Å². The Hall–Kier alpha value is -4.99. The molecule has 0 aliphatic heterocycles. The quantitative estimate of drug-likeness (QED) is 0.300. The van der Waals surface area contributed by atoms with Crippen molar-refractivity contribution in [2.75, 3.05) is 21.3 Å². The van der Waals surface area contributed by atoms with Gasteiger partial charge in [-0.1, -0.05) is 42.5 Å². The number of amides is 2. The van der Waals surface area contributed by atoms with Crippen molar-refractivity contribution >= 4 is 11.8 Å². The molecule has 0 fully saturated rings. The molecule has 206 valence electrons. The summed E-state index contributed by atoms with van der Waals surface area (Å²) in [5, 5.41) is 2.94. The van der Waals surface area contributed by atoms with Crippen molar-refractivity contribution in [1.29, 1.82) is 0 Å². The third-order valence-electron chi connectivity index (χ3n) is 6.18. The van der Waals surface area contributed by atoms with Crippen LogP contribution in [0.4, 0.5) is 4.39 Å². The molecule has 4 rings (SSSR count). The number of halogens is 1. The van der Waals surface area contributed by atoms with Gasteiger partial charge in [0.15, 0.2) is 11.5 Å². The molecule has 0 saturated heterocycles. The minimum Gasteiger partial charge on any atom is -0.493 e. The summed E-state index contributed by atoms with van der Waals surface area (Å²) in [6.07, 6.45) is 4.17. The van der Waals surface area contributed by atoms with Crippen molar-refractivity contribution in [3.8, 4) is 17.2 Å². The lowest BCUT2D eigenvalue weighted by atomic mass is 10.0. The number of nitrogens with zero attached hydrogens (tertiary/aromatic N) is 3. The van der Waals surface area contributed by atoms with E-state index in [1.54, 1.807) is 24.3 Å². The van der Waals surface area contributed by atoms with Crippen LogP contribution in [0.3, 0.4) is 0 Å². The van der Waals surface area contributed by atoms with Gasteiger partial charge in [0.2, 0.25) is 11.7 Å². The topological polar surface area (TPSA) is 103 Å². The van der Waals surface area contributed by atoms with Crippen LogP contribution in [0, 0.1) is 5.82 Å². The smallest absolute Gasteiger partial charge is 0.275 e. The normalized spacial score (nSPS) is 11.3. The van der Waals surface area contributed by atoms with E-state index in [1.165, 1.54) is 57.0 Å². The summed E-state index contributed by atoms with van der Waals surface area (Å²) in [6, 6.07) is 17.2. The second-order valence-corrected chi connectivity index (χ2v) is 8.71. The molecule has 4 aromatic rings. The van der Waals surface area contributed by atoms with E-state index < -0.39 is 23.7 Å². The number of methoxy groups -OCH3 is 3. The number of ether oxygens (including phenoxy) is 3. The van der Waals surface area contributed by atoms with Crippen LogP contribution in [-0.2, 0) is 17.9 Å². The molecule has 0 aliphatic rings. The van der Waals surface area contributed by atoms with Gasteiger partial charge in [-0.05, 0) is 41.0 Å². The van der Waals surface area contributed by atoms with Gasteiger partial charge in [-0.15, -0.1) is 0 Å². The maximum absolute atomic E-state index is 14.0. The highest BCUT2D eigenvalue weighted by Gasteiger charge is 2.34. The Morgan fingerprint density at radius 1 is 0.900 bits per heavy atom. The Balaban J connectivity index is 1.84. The summed E-state index contributed by atoms with van der Waals surface area (Å²) in [6.45, 7) is 0.195. The van der Waals surface area contributed by atoms with Gasteiger partial charge in [-0.2, -0.15) is 0 Å². The highest BCUT2D eigenvalue weighted by molar-refractivity contribution is 5.96. The van der Waals surface area contributed by atoms with Crippen LogP contribution in [0.15, 0.2) is 85.3 Å². The summed E-state index contributed by atoms with van der Waals surface area (Å²) in [7, 11) is 4.40. The van der Waals surface area contributed by atoms with Gasteiger partial charge in [0.1, 0.15) is 17.6 Å². The van der Waals surface area contributed by atoms with E-state index in [0.29, 0.717) is 28.4 Å². The van der Waals surface area contributed by atoms with Gasteiger partial charge in [0.25, 0.3) is 5.91 Å². The fourth-order valence-electron chi connectivity index (χ4n) is 4.24. The zero-order valence-electron chi connectivity index (χ0n) is 22.3. The van der Waals surface area contributed by atoms with Crippen LogP contribution < -0.4 is 19.5 Å². The Kier molecular flexibility index (Phi) is 9.24. The molecule has 2 amide bonds. The molecule has 40 heavy (non-hydrogen) atoms. The average Bonchev–Trinajstić information content (AvgIpc) is 3.00. The van der Waals surface area contributed by atoms with Crippen LogP contribution >= 0.6 is 0 Å². The minimum absolute atomic E-state index is 0.0320. The first kappa shape index (κ1) is 28.0. The van der Waals surface area contributed by atoms with Crippen LogP contribution in [0.2, 0.25) is 0 Å². The number of carbonyl (C=O) groups is 2. The number of hydrogen-bond donors (Lipinski definition) is 1. The fourth-order valence-corrected chi connectivity index (χ4v) is 4.24. The number of benzene rings is 3. The average molecular weight is 545 g/mol. The molecular weight excluding hydrogens is 515 g/mol. The van der Waals surface area contributed by atoms with Crippen molar-refractivity contribution in [2.45, 2.75) is 19.1 Å². The van der Waals surface area contributed by atoms with E-state index in [1.807, 2.05) is 30.3 Å². The lowest BCUT2D eigenvalue weighted by molar-refractivity contribution is -0.126. The molecule has 1 heterocycles. The van der Waals surface area contributed by atoms with Gasteiger partial charge in [-0.25, -0.2) is 9.37 Å². The van der Waals surface area contributed by atoms with E-state index >= 15 is 0 Å². The van der Waals surface area contributed by atoms with Crippen molar-refractivity contribution in [3.05, 3.63) is 114 Å². The van der Waals surface area contributed by atoms with E-state index in [0.717, 1.165) is 5.56 Å². The third-order valence-corrected chi connectivity index (χ3v) is 6.18. The molecule has 1 N–H and O–H groups in total. The van der Waals surface area contributed by atoms with Crippen LogP contribution in [0.5, 0.6) is 17.2 Å². The highest BCUT2D eigenvalue weighted by atomic mass is 19.1. The summed E-state index contributed by atoms with van der Waals surface area (Å²) < 4.78 is 30.2. The molecular formula is C30H29FN4O5. The van der Waals surface area contributed by atoms with Crippen molar-refractivity contribution < 1.29 is 28.2 Å². The Morgan fingerprint density at radius 3 is 2.15 bits per heavy atom. The molecule has 0 radical (unpaired) electrons. The minimum atomic E-state index is -1.17. The molecule has 0 aliphatic carbocycles. The second kappa shape index (κ2) is 13.2. The lowest BCUT2D eigenvalue weighted by Gasteiger charge is -2.32. The fraction of sp³-hybridized carbons (Fsp3) is 0.200. The van der Waals surface area contributed by atoms with Crippen LogP contribution in [0.1, 0.15) is 33.2 Å². The third kappa shape index (κ3) is 6.52. The predicted molar refractivity (Wildman–Crippen MR) is 145 cm³/mol. The number of aromatic nitrogens is 2. The first-order valence-electron chi connectivity index (χ1n) is 12.4. The summed E-state index contributed by atoms with van der Waals surface area (Å²) >= 11 is 0. The molecule has 1 unspecified atom stereocenters. The lowest BCUT2D eigenvalue weighted by Crippen LogP contribution is -2.43. The Labute approximate surface area is 231 Å². The largest absolute Gasteiger partial charge is 0.493 e. The molecule has 0 bridgehead atoms. The molecule has 9 nitrogen and oxygen atoms in total. The number of hydrogen-bond acceptors (Lipinski definition) is 7. The van der Waals surface area contributed by atoms with Crippen molar-refractivity contribution in [1.82, 2.24) is 20.2 Å². The molecule has 3 aromatic carbocycles. The highest BCUT2D eigenvalue weighted by Crippen LogP contribution is 2.41. The number of nitrogens with one attached hydrogen (secondary N) is 1. The Bertz CT molecular complexity index is 1410. The van der Waals surface area contributed by atoms with Gasteiger partial charge in [0.05, 0.1) is 27.5 Å². The first-order chi connectivity index (χ1) is 19.4. The zero-order chi connectivity index (χ0) is 28.5. The van der Waals surface area contributed by atoms with E-state index in [4.69, 9.17) is 14.2 Å². The summed E-state index contributed by atoms with van der Waals surface area (Å²) in [5.41, 5.74) is 1.93. The molecule has 1 atom stereocenters. The monoisotopic (exact) mass is 544 g/mol. The molecule has 0 saturated carbocycles. The summed E-state index contributed by atoms with van der Waals surface area (Å²) in [5.74, 6) is -0.471. The maximum atomic E-state index is 14.0. The summed E-state index contributed by atoms with van der Waals surface area (Å²) in [4.78, 5) is 37.4. The molecule has 1 aromatic heterocycles. The standard InChI is InChI=1S/C30H29FN4O5/c1-38-25-15-22(16-26(39-2)28(25)40-3)27(29(36)34-17-20-7-5-4-6-8-20)35(19-21-9-11-23(31)12-10-21)30(37)24-18-32-13-14-33-24/h4-16,18,27H,17,19H2,1-3H3,(H,34,36). The Morgan fingerprint density at radius 2 is 1.57 bits per heavy atom. The van der Waals surface area contributed by atoms with E-state index in [-0.39, 0.29) is 18.8 Å². The second-order valence-electron chi connectivity index (χ2n) is 8.71. The SMILES string of the molecule is COc1cc(C(C(=O)NCc2ccccc2)N(Cc2ccc(F)cc2)C(=O)c2cnccn2)cc(OC)c1OC. The number of rotatable bonds is 11.